The molecule has 5 heteroatoms. The maximum atomic E-state index is 5.75. The molecule has 1 fully saturated rings. The van der Waals surface area contributed by atoms with E-state index in [1.807, 2.05) is 14.0 Å². The van der Waals surface area contributed by atoms with Gasteiger partial charge in [0, 0.05) is 31.7 Å². The van der Waals surface area contributed by atoms with Crippen LogP contribution in [0.4, 0.5) is 11.6 Å². The van der Waals surface area contributed by atoms with Gasteiger partial charge in [-0.3, -0.25) is 0 Å². The zero-order valence-corrected chi connectivity index (χ0v) is 13.0. The van der Waals surface area contributed by atoms with E-state index in [0.717, 1.165) is 42.6 Å². The third kappa shape index (κ3) is 3.60. The quantitative estimate of drug-likeness (QED) is 0.867. The van der Waals surface area contributed by atoms with Crippen LogP contribution in [0.25, 0.3) is 0 Å². The summed E-state index contributed by atoms with van der Waals surface area (Å²) in [6.45, 7) is 7.96. The van der Waals surface area contributed by atoms with Crippen LogP contribution >= 0.6 is 0 Å². The molecule has 0 amide bonds. The highest BCUT2D eigenvalue weighted by Gasteiger charge is 2.16. The zero-order valence-electron chi connectivity index (χ0n) is 13.0. The van der Waals surface area contributed by atoms with E-state index >= 15 is 0 Å². The van der Waals surface area contributed by atoms with Gasteiger partial charge in [0.25, 0.3) is 0 Å². The summed E-state index contributed by atoms with van der Waals surface area (Å²) in [5.74, 6) is 3.00. The molecule has 2 N–H and O–H groups in total. The first-order valence-electron chi connectivity index (χ1n) is 7.53. The standard InChI is InChI=1S/C15H26N4O/c1-10(2)13-18-14(16-4)11(3)15(19-13)17-9-12-7-5-6-8-20-12/h10,12H,5-9H2,1-4H3,(H2,16,17,18,19). The first kappa shape index (κ1) is 15.0. The van der Waals surface area contributed by atoms with Crippen LogP contribution in [0.5, 0.6) is 0 Å². The fourth-order valence-electron chi connectivity index (χ4n) is 2.39. The SMILES string of the molecule is CNc1nc(C(C)C)nc(NCC2CCCCO2)c1C. The molecule has 20 heavy (non-hydrogen) atoms. The molecule has 0 radical (unpaired) electrons. The van der Waals surface area contributed by atoms with Crippen molar-refractivity contribution in [3.05, 3.63) is 11.4 Å². The molecular weight excluding hydrogens is 252 g/mol. The Morgan fingerprint density at radius 2 is 2.00 bits per heavy atom. The topological polar surface area (TPSA) is 59.1 Å². The van der Waals surface area contributed by atoms with Gasteiger partial charge in [0.1, 0.15) is 17.5 Å². The molecule has 1 aromatic rings. The minimum Gasteiger partial charge on any atom is -0.376 e. The number of aromatic nitrogens is 2. The molecule has 2 rings (SSSR count). The van der Waals surface area contributed by atoms with Gasteiger partial charge in [-0.25, -0.2) is 9.97 Å². The van der Waals surface area contributed by atoms with Crippen molar-refractivity contribution in [3.8, 4) is 0 Å². The average Bonchev–Trinajstić information content (AvgIpc) is 2.47. The number of anilines is 2. The van der Waals surface area contributed by atoms with E-state index in [0.29, 0.717) is 12.0 Å². The van der Waals surface area contributed by atoms with E-state index in [2.05, 4.69) is 34.4 Å². The molecule has 112 valence electrons. The lowest BCUT2D eigenvalue weighted by atomic mass is 10.1. The van der Waals surface area contributed by atoms with Crippen LogP contribution < -0.4 is 10.6 Å². The molecular formula is C15H26N4O. The van der Waals surface area contributed by atoms with Gasteiger partial charge >= 0.3 is 0 Å². The van der Waals surface area contributed by atoms with Crippen molar-refractivity contribution in [2.45, 2.75) is 52.1 Å². The maximum Gasteiger partial charge on any atom is 0.135 e. The zero-order chi connectivity index (χ0) is 14.5. The Labute approximate surface area is 121 Å². The van der Waals surface area contributed by atoms with E-state index < -0.39 is 0 Å². The fourth-order valence-corrected chi connectivity index (χ4v) is 2.39. The van der Waals surface area contributed by atoms with E-state index in [1.165, 1.54) is 12.8 Å². The van der Waals surface area contributed by atoms with Crippen molar-refractivity contribution in [2.24, 2.45) is 0 Å². The van der Waals surface area contributed by atoms with Crippen molar-refractivity contribution in [2.75, 3.05) is 30.8 Å². The third-order valence-corrected chi connectivity index (χ3v) is 3.69. The monoisotopic (exact) mass is 278 g/mol. The normalized spacial score (nSPS) is 19.1. The van der Waals surface area contributed by atoms with Crippen LogP contribution in [0.15, 0.2) is 0 Å². The second kappa shape index (κ2) is 6.88. The molecule has 1 unspecified atom stereocenters. The largest absolute Gasteiger partial charge is 0.376 e. The third-order valence-electron chi connectivity index (χ3n) is 3.69. The molecule has 1 atom stereocenters. The number of nitrogens with one attached hydrogen (secondary N) is 2. The summed E-state index contributed by atoms with van der Waals surface area (Å²) in [6.07, 6.45) is 3.88. The summed E-state index contributed by atoms with van der Waals surface area (Å²) in [5, 5.41) is 6.58. The summed E-state index contributed by atoms with van der Waals surface area (Å²) >= 11 is 0. The number of rotatable bonds is 5. The predicted molar refractivity (Wildman–Crippen MR) is 82.5 cm³/mol. The first-order valence-corrected chi connectivity index (χ1v) is 7.53. The van der Waals surface area contributed by atoms with Crippen LogP contribution in [0.3, 0.4) is 0 Å². The Balaban J connectivity index is 2.10. The summed E-state index contributed by atoms with van der Waals surface area (Å²) in [6, 6.07) is 0. The molecule has 0 aliphatic carbocycles. The Morgan fingerprint density at radius 1 is 1.25 bits per heavy atom. The highest BCUT2D eigenvalue weighted by atomic mass is 16.5. The number of ether oxygens (including phenoxy) is 1. The van der Waals surface area contributed by atoms with Crippen molar-refractivity contribution in [1.29, 1.82) is 0 Å². The van der Waals surface area contributed by atoms with Crippen molar-refractivity contribution >= 4 is 11.6 Å². The van der Waals surface area contributed by atoms with Gasteiger partial charge in [-0.15, -0.1) is 0 Å². The molecule has 2 heterocycles. The molecule has 0 saturated carbocycles. The Bertz CT molecular complexity index is 442. The summed E-state index contributed by atoms with van der Waals surface area (Å²) in [4.78, 5) is 9.20. The molecule has 1 aliphatic rings. The highest BCUT2D eigenvalue weighted by molar-refractivity contribution is 5.57. The van der Waals surface area contributed by atoms with E-state index in [4.69, 9.17) is 4.74 Å². The molecule has 5 nitrogen and oxygen atoms in total. The number of nitrogens with zero attached hydrogens (tertiary/aromatic N) is 2. The van der Waals surface area contributed by atoms with Gasteiger partial charge in [0.2, 0.25) is 0 Å². The lowest BCUT2D eigenvalue weighted by Crippen LogP contribution is -2.27. The van der Waals surface area contributed by atoms with Gasteiger partial charge < -0.3 is 15.4 Å². The second-order valence-corrected chi connectivity index (χ2v) is 5.68. The predicted octanol–water partition coefficient (Wildman–Crippen LogP) is 2.93. The second-order valence-electron chi connectivity index (χ2n) is 5.68. The van der Waals surface area contributed by atoms with Gasteiger partial charge in [0.15, 0.2) is 0 Å². The summed E-state index contributed by atoms with van der Waals surface area (Å²) < 4.78 is 5.75. The summed E-state index contributed by atoms with van der Waals surface area (Å²) in [7, 11) is 1.90. The Kier molecular flexibility index (Phi) is 5.17. The van der Waals surface area contributed by atoms with Crippen molar-refractivity contribution in [3.63, 3.8) is 0 Å². The average molecular weight is 278 g/mol. The van der Waals surface area contributed by atoms with E-state index in [9.17, 15) is 0 Å². The highest BCUT2D eigenvalue weighted by Crippen LogP contribution is 2.23. The van der Waals surface area contributed by atoms with Crippen LogP contribution in [-0.2, 0) is 4.74 Å². The van der Waals surface area contributed by atoms with Crippen LogP contribution in [-0.4, -0.2) is 36.3 Å². The molecule has 0 aromatic carbocycles. The molecule has 1 aromatic heterocycles. The fraction of sp³-hybridized carbons (Fsp3) is 0.733. The van der Waals surface area contributed by atoms with Crippen LogP contribution in [0.1, 0.15) is 50.4 Å². The maximum absolute atomic E-state index is 5.75. The van der Waals surface area contributed by atoms with E-state index in [1.54, 1.807) is 0 Å². The van der Waals surface area contributed by atoms with E-state index in [-0.39, 0.29) is 0 Å². The Morgan fingerprint density at radius 3 is 2.60 bits per heavy atom. The van der Waals surface area contributed by atoms with Crippen LogP contribution in [0, 0.1) is 6.92 Å². The summed E-state index contributed by atoms with van der Waals surface area (Å²) in [5.41, 5.74) is 1.06. The van der Waals surface area contributed by atoms with Crippen molar-refractivity contribution < 1.29 is 4.74 Å². The number of hydrogen-bond acceptors (Lipinski definition) is 5. The lowest BCUT2D eigenvalue weighted by Gasteiger charge is -2.24. The molecule has 1 saturated heterocycles. The van der Waals surface area contributed by atoms with Crippen LogP contribution in [0.2, 0.25) is 0 Å². The minimum absolute atomic E-state index is 0.304. The molecule has 0 bridgehead atoms. The number of hydrogen-bond donors (Lipinski definition) is 2. The van der Waals surface area contributed by atoms with Gasteiger partial charge in [-0.05, 0) is 26.2 Å². The lowest BCUT2D eigenvalue weighted by molar-refractivity contribution is 0.0247. The van der Waals surface area contributed by atoms with Gasteiger partial charge in [-0.1, -0.05) is 13.8 Å². The van der Waals surface area contributed by atoms with Gasteiger partial charge in [-0.2, -0.15) is 0 Å². The minimum atomic E-state index is 0.304. The first-order chi connectivity index (χ1) is 9.61. The van der Waals surface area contributed by atoms with Crippen molar-refractivity contribution in [1.82, 2.24) is 9.97 Å². The molecule has 0 spiro atoms. The van der Waals surface area contributed by atoms with Gasteiger partial charge in [0.05, 0.1) is 6.10 Å². The Hall–Kier alpha value is -1.36. The molecule has 1 aliphatic heterocycles. The smallest absolute Gasteiger partial charge is 0.135 e.